The Hall–Kier alpha value is -0.670. The molecule has 2 nitrogen and oxygen atoms in total. The average Bonchev–Trinajstić information content (AvgIpc) is 2.74. The molecule has 1 aromatic heterocycles. The van der Waals surface area contributed by atoms with Gasteiger partial charge in [0.05, 0.1) is 6.04 Å². The first kappa shape index (κ1) is 8.91. The maximum absolute atomic E-state index is 11.7. The smallest absolute Gasteiger partial charge is 0.154 e. The van der Waals surface area contributed by atoms with Gasteiger partial charge in [0.15, 0.2) is 5.78 Å². The van der Waals surface area contributed by atoms with E-state index in [0.717, 1.165) is 24.9 Å². The molecule has 1 aromatic rings. The SMILES string of the molecule is O=C(Cc1ccsc1)C1CCCN1. The first-order valence-electron chi connectivity index (χ1n) is 4.63. The van der Waals surface area contributed by atoms with Gasteiger partial charge >= 0.3 is 0 Å². The highest BCUT2D eigenvalue weighted by Gasteiger charge is 2.21. The minimum Gasteiger partial charge on any atom is -0.307 e. The van der Waals surface area contributed by atoms with E-state index in [0.29, 0.717) is 12.2 Å². The lowest BCUT2D eigenvalue weighted by Gasteiger charge is -2.07. The summed E-state index contributed by atoms with van der Waals surface area (Å²) in [6, 6.07) is 2.15. The fraction of sp³-hybridized carbons (Fsp3) is 0.500. The molecular weight excluding hydrogens is 182 g/mol. The highest BCUT2D eigenvalue weighted by Crippen LogP contribution is 2.12. The number of nitrogens with one attached hydrogen (secondary N) is 1. The highest BCUT2D eigenvalue weighted by atomic mass is 32.1. The maximum Gasteiger partial charge on any atom is 0.154 e. The van der Waals surface area contributed by atoms with Gasteiger partial charge in [-0.1, -0.05) is 0 Å². The van der Waals surface area contributed by atoms with E-state index in [9.17, 15) is 4.79 Å². The van der Waals surface area contributed by atoms with Crippen LogP contribution >= 0.6 is 11.3 Å². The molecule has 13 heavy (non-hydrogen) atoms. The van der Waals surface area contributed by atoms with Crippen molar-refractivity contribution >= 4 is 17.1 Å². The van der Waals surface area contributed by atoms with E-state index >= 15 is 0 Å². The largest absolute Gasteiger partial charge is 0.307 e. The molecule has 1 aliphatic heterocycles. The zero-order valence-electron chi connectivity index (χ0n) is 7.45. The molecule has 1 atom stereocenters. The average molecular weight is 195 g/mol. The van der Waals surface area contributed by atoms with Crippen molar-refractivity contribution in [3.63, 3.8) is 0 Å². The van der Waals surface area contributed by atoms with Gasteiger partial charge in [0.1, 0.15) is 0 Å². The van der Waals surface area contributed by atoms with Crippen LogP contribution in [0.15, 0.2) is 16.8 Å². The minimum atomic E-state index is 0.125. The number of Topliss-reactive ketones (excluding diaryl/α,β-unsaturated/α-hetero) is 1. The molecule has 1 fully saturated rings. The Labute approximate surface area is 82.0 Å². The number of carbonyl (C=O) groups excluding carboxylic acids is 1. The number of ketones is 1. The van der Waals surface area contributed by atoms with E-state index in [2.05, 4.69) is 5.32 Å². The third-order valence-corrected chi connectivity index (χ3v) is 3.14. The van der Waals surface area contributed by atoms with Gasteiger partial charge in [0.25, 0.3) is 0 Å². The molecule has 0 aromatic carbocycles. The van der Waals surface area contributed by atoms with Crippen LogP contribution in [0.25, 0.3) is 0 Å². The fourth-order valence-electron chi connectivity index (χ4n) is 1.68. The summed E-state index contributed by atoms with van der Waals surface area (Å²) in [7, 11) is 0. The summed E-state index contributed by atoms with van der Waals surface area (Å²) < 4.78 is 0. The Morgan fingerprint density at radius 3 is 3.23 bits per heavy atom. The quantitative estimate of drug-likeness (QED) is 0.794. The second kappa shape index (κ2) is 4.03. The Bertz CT molecular complexity index is 275. The number of hydrogen-bond acceptors (Lipinski definition) is 3. The Morgan fingerprint density at radius 2 is 2.62 bits per heavy atom. The summed E-state index contributed by atoms with van der Waals surface area (Å²) >= 11 is 1.65. The topological polar surface area (TPSA) is 29.1 Å². The highest BCUT2D eigenvalue weighted by molar-refractivity contribution is 7.07. The van der Waals surface area contributed by atoms with Gasteiger partial charge in [-0.05, 0) is 41.8 Å². The van der Waals surface area contributed by atoms with Gasteiger partial charge in [0.2, 0.25) is 0 Å². The van der Waals surface area contributed by atoms with E-state index in [1.165, 1.54) is 0 Å². The van der Waals surface area contributed by atoms with Crippen LogP contribution in [-0.4, -0.2) is 18.4 Å². The first-order chi connectivity index (χ1) is 6.36. The molecule has 0 amide bonds. The number of thiophene rings is 1. The number of hydrogen-bond donors (Lipinski definition) is 1. The minimum absolute atomic E-state index is 0.125. The van der Waals surface area contributed by atoms with Crippen molar-refractivity contribution in [1.82, 2.24) is 5.32 Å². The summed E-state index contributed by atoms with van der Waals surface area (Å²) in [6.07, 6.45) is 2.75. The van der Waals surface area contributed by atoms with Crippen LogP contribution in [0.3, 0.4) is 0 Å². The van der Waals surface area contributed by atoms with Crippen LogP contribution in [0.1, 0.15) is 18.4 Å². The third kappa shape index (κ3) is 2.17. The zero-order chi connectivity index (χ0) is 9.10. The van der Waals surface area contributed by atoms with Crippen LogP contribution in [0.2, 0.25) is 0 Å². The summed E-state index contributed by atoms with van der Waals surface area (Å²) in [6.45, 7) is 1.00. The van der Waals surface area contributed by atoms with Crippen LogP contribution in [0.5, 0.6) is 0 Å². The van der Waals surface area contributed by atoms with Crippen molar-refractivity contribution in [3.05, 3.63) is 22.4 Å². The van der Waals surface area contributed by atoms with Crippen molar-refractivity contribution in [3.8, 4) is 0 Å². The molecule has 0 aliphatic carbocycles. The normalized spacial score (nSPS) is 22.0. The van der Waals surface area contributed by atoms with Gasteiger partial charge in [0, 0.05) is 6.42 Å². The molecule has 2 rings (SSSR count). The molecule has 1 aliphatic rings. The molecule has 70 valence electrons. The Morgan fingerprint density at radius 1 is 1.69 bits per heavy atom. The lowest BCUT2D eigenvalue weighted by atomic mass is 10.1. The molecular formula is C10H13NOS. The van der Waals surface area contributed by atoms with Gasteiger partial charge < -0.3 is 5.32 Å². The summed E-state index contributed by atoms with van der Waals surface area (Å²) in [5, 5.41) is 7.29. The third-order valence-electron chi connectivity index (χ3n) is 2.41. The predicted octanol–water partition coefficient (Wildman–Crippen LogP) is 1.61. The van der Waals surface area contributed by atoms with Gasteiger partial charge in [-0.15, -0.1) is 0 Å². The number of carbonyl (C=O) groups is 1. The molecule has 1 saturated heterocycles. The maximum atomic E-state index is 11.7. The van der Waals surface area contributed by atoms with Gasteiger partial charge in [-0.25, -0.2) is 0 Å². The second-order valence-electron chi connectivity index (χ2n) is 3.42. The molecule has 1 N–H and O–H groups in total. The zero-order valence-corrected chi connectivity index (χ0v) is 8.27. The summed E-state index contributed by atoms with van der Waals surface area (Å²) in [4.78, 5) is 11.7. The van der Waals surface area contributed by atoms with Crippen LogP contribution in [-0.2, 0) is 11.2 Å². The van der Waals surface area contributed by atoms with E-state index < -0.39 is 0 Å². The molecule has 1 unspecified atom stereocenters. The summed E-state index contributed by atoms with van der Waals surface area (Å²) in [5.74, 6) is 0.343. The van der Waals surface area contributed by atoms with Crippen LogP contribution in [0.4, 0.5) is 0 Å². The predicted molar refractivity (Wildman–Crippen MR) is 54.1 cm³/mol. The van der Waals surface area contributed by atoms with Crippen molar-refractivity contribution in [2.45, 2.75) is 25.3 Å². The van der Waals surface area contributed by atoms with Crippen molar-refractivity contribution in [2.24, 2.45) is 0 Å². The Balaban J connectivity index is 1.91. The van der Waals surface area contributed by atoms with Gasteiger partial charge in [-0.2, -0.15) is 11.3 Å². The first-order valence-corrected chi connectivity index (χ1v) is 5.58. The monoisotopic (exact) mass is 195 g/mol. The lowest BCUT2D eigenvalue weighted by molar-refractivity contribution is -0.120. The van der Waals surface area contributed by atoms with E-state index in [-0.39, 0.29) is 6.04 Å². The van der Waals surface area contributed by atoms with Crippen LogP contribution < -0.4 is 5.32 Å². The van der Waals surface area contributed by atoms with Crippen molar-refractivity contribution in [1.29, 1.82) is 0 Å². The molecule has 0 saturated carbocycles. The molecule has 2 heterocycles. The Kier molecular flexibility index (Phi) is 2.76. The number of rotatable bonds is 3. The molecule has 0 bridgehead atoms. The van der Waals surface area contributed by atoms with Crippen molar-refractivity contribution < 1.29 is 4.79 Å². The van der Waals surface area contributed by atoms with Gasteiger partial charge in [-0.3, -0.25) is 4.79 Å². The standard InChI is InChI=1S/C10H13NOS/c12-10(9-2-1-4-11-9)6-8-3-5-13-7-8/h3,5,7,9,11H,1-2,4,6H2. The molecule has 0 radical (unpaired) electrons. The molecule has 0 spiro atoms. The van der Waals surface area contributed by atoms with Crippen LogP contribution in [0, 0.1) is 0 Å². The van der Waals surface area contributed by atoms with Crippen molar-refractivity contribution in [2.75, 3.05) is 6.54 Å². The van der Waals surface area contributed by atoms with E-state index in [1.807, 2.05) is 16.8 Å². The van der Waals surface area contributed by atoms with E-state index in [4.69, 9.17) is 0 Å². The summed E-state index contributed by atoms with van der Waals surface area (Å²) in [5.41, 5.74) is 1.16. The lowest BCUT2D eigenvalue weighted by Crippen LogP contribution is -2.31. The fourth-order valence-corrected chi connectivity index (χ4v) is 2.35. The second-order valence-corrected chi connectivity index (χ2v) is 4.20. The van der Waals surface area contributed by atoms with E-state index in [1.54, 1.807) is 11.3 Å². The molecule has 3 heteroatoms.